The highest BCUT2D eigenvalue weighted by Gasteiger charge is 2.22. The monoisotopic (exact) mass is 348 g/mol. The van der Waals surface area contributed by atoms with Crippen LogP contribution in [0.25, 0.3) is 0 Å². The van der Waals surface area contributed by atoms with Crippen LogP contribution in [0.2, 0.25) is 0 Å². The SMILES string of the molecule is COCCN1CCC[C@H](CN(C)C(=O)Nc2cccc(C(N)=O)c2)C1. The highest BCUT2D eigenvalue weighted by atomic mass is 16.5. The Kier molecular flexibility index (Phi) is 7.21. The quantitative estimate of drug-likeness (QED) is 0.783. The second kappa shape index (κ2) is 9.39. The van der Waals surface area contributed by atoms with Crippen LogP contribution in [0.4, 0.5) is 10.5 Å². The van der Waals surface area contributed by atoms with Crippen LogP contribution in [0.15, 0.2) is 24.3 Å². The summed E-state index contributed by atoms with van der Waals surface area (Å²) in [7, 11) is 3.51. The van der Waals surface area contributed by atoms with Crippen molar-refractivity contribution in [1.29, 1.82) is 0 Å². The van der Waals surface area contributed by atoms with Crippen LogP contribution < -0.4 is 11.1 Å². The van der Waals surface area contributed by atoms with Crippen LogP contribution in [-0.4, -0.2) is 68.7 Å². The molecule has 1 aliphatic heterocycles. The topological polar surface area (TPSA) is 87.9 Å². The molecule has 1 heterocycles. The summed E-state index contributed by atoms with van der Waals surface area (Å²) >= 11 is 0. The maximum atomic E-state index is 12.4. The van der Waals surface area contributed by atoms with Gasteiger partial charge < -0.3 is 25.6 Å². The minimum Gasteiger partial charge on any atom is -0.383 e. The summed E-state index contributed by atoms with van der Waals surface area (Å²) in [5, 5.41) is 2.82. The minimum absolute atomic E-state index is 0.185. The number of likely N-dealkylation sites (tertiary alicyclic amines) is 1. The number of nitrogens with zero attached hydrogens (tertiary/aromatic N) is 2. The van der Waals surface area contributed by atoms with Gasteiger partial charge in [0.1, 0.15) is 0 Å². The van der Waals surface area contributed by atoms with E-state index in [9.17, 15) is 9.59 Å². The van der Waals surface area contributed by atoms with Crippen LogP contribution in [0.1, 0.15) is 23.2 Å². The van der Waals surface area contributed by atoms with Crippen molar-refractivity contribution in [2.75, 3.05) is 52.3 Å². The normalized spacial score (nSPS) is 17.9. The van der Waals surface area contributed by atoms with E-state index in [1.807, 2.05) is 0 Å². The molecule has 0 radical (unpaired) electrons. The van der Waals surface area contributed by atoms with Gasteiger partial charge in [-0.2, -0.15) is 0 Å². The fourth-order valence-electron chi connectivity index (χ4n) is 3.16. The molecule has 1 saturated heterocycles. The van der Waals surface area contributed by atoms with Gasteiger partial charge in [0.05, 0.1) is 6.61 Å². The maximum Gasteiger partial charge on any atom is 0.321 e. The number of ether oxygens (including phenoxy) is 1. The molecule has 0 unspecified atom stereocenters. The Morgan fingerprint density at radius 1 is 1.44 bits per heavy atom. The number of hydrogen-bond donors (Lipinski definition) is 2. The van der Waals surface area contributed by atoms with Crippen molar-refractivity contribution in [1.82, 2.24) is 9.80 Å². The molecule has 7 nitrogen and oxygen atoms in total. The fourth-order valence-corrected chi connectivity index (χ4v) is 3.16. The number of carbonyl (C=O) groups is 2. The molecular weight excluding hydrogens is 320 g/mol. The van der Waals surface area contributed by atoms with Gasteiger partial charge in [-0.15, -0.1) is 0 Å². The number of anilines is 1. The van der Waals surface area contributed by atoms with E-state index in [0.29, 0.717) is 23.7 Å². The molecule has 0 saturated carbocycles. The second-order valence-electron chi connectivity index (χ2n) is 6.56. The Labute approximate surface area is 149 Å². The molecule has 0 aliphatic carbocycles. The van der Waals surface area contributed by atoms with Gasteiger partial charge in [-0.05, 0) is 43.5 Å². The van der Waals surface area contributed by atoms with Gasteiger partial charge in [0, 0.05) is 45.0 Å². The molecule has 1 atom stereocenters. The molecule has 25 heavy (non-hydrogen) atoms. The van der Waals surface area contributed by atoms with Gasteiger partial charge in [-0.3, -0.25) is 4.79 Å². The molecule has 1 aliphatic rings. The molecule has 7 heteroatoms. The number of nitrogens with one attached hydrogen (secondary N) is 1. The number of rotatable bonds is 7. The Morgan fingerprint density at radius 2 is 2.24 bits per heavy atom. The number of amides is 3. The molecule has 0 spiro atoms. The standard InChI is InChI=1S/C18H28N4O3/c1-21(12-14-5-4-8-22(13-14)9-10-25-2)18(24)20-16-7-3-6-15(11-16)17(19)23/h3,6-7,11,14H,4-5,8-10,12-13H2,1-2H3,(H2,19,23)(H,20,24)/t14-/m1/s1. The summed E-state index contributed by atoms with van der Waals surface area (Å²) in [5.74, 6) is -0.0545. The van der Waals surface area contributed by atoms with E-state index >= 15 is 0 Å². The zero-order chi connectivity index (χ0) is 18.2. The van der Waals surface area contributed by atoms with Gasteiger partial charge in [0.25, 0.3) is 0 Å². The van der Waals surface area contributed by atoms with Crippen molar-refractivity contribution in [3.8, 4) is 0 Å². The number of hydrogen-bond acceptors (Lipinski definition) is 4. The van der Waals surface area contributed by atoms with Crippen molar-refractivity contribution < 1.29 is 14.3 Å². The minimum atomic E-state index is -0.511. The second-order valence-corrected chi connectivity index (χ2v) is 6.56. The summed E-state index contributed by atoms with van der Waals surface area (Å²) in [4.78, 5) is 27.7. The first kappa shape index (κ1) is 19.2. The molecule has 0 aromatic heterocycles. The van der Waals surface area contributed by atoms with Crippen molar-refractivity contribution >= 4 is 17.6 Å². The lowest BCUT2D eigenvalue weighted by Crippen LogP contribution is -2.43. The number of piperidine rings is 1. The Bertz CT molecular complexity index is 593. The highest BCUT2D eigenvalue weighted by Crippen LogP contribution is 2.18. The predicted molar refractivity (Wildman–Crippen MR) is 97.6 cm³/mol. The highest BCUT2D eigenvalue weighted by molar-refractivity contribution is 5.95. The van der Waals surface area contributed by atoms with E-state index < -0.39 is 5.91 Å². The first-order chi connectivity index (χ1) is 12.0. The third-order valence-corrected chi connectivity index (χ3v) is 4.49. The van der Waals surface area contributed by atoms with Crippen molar-refractivity contribution in [3.05, 3.63) is 29.8 Å². The maximum absolute atomic E-state index is 12.4. The molecule has 0 bridgehead atoms. The summed E-state index contributed by atoms with van der Waals surface area (Å²) in [6, 6.07) is 6.46. The zero-order valence-electron chi connectivity index (χ0n) is 15.0. The lowest BCUT2D eigenvalue weighted by Gasteiger charge is -2.34. The van der Waals surface area contributed by atoms with Crippen molar-refractivity contribution in [2.45, 2.75) is 12.8 Å². The van der Waals surface area contributed by atoms with E-state index in [0.717, 1.165) is 39.1 Å². The lowest BCUT2D eigenvalue weighted by atomic mass is 9.97. The smallest absolute Gasteiger partial charge is 0.321 e. The van der Waals surface area contributed by atoms with Crippen LogP contribution in [0, 0.1) is 5.92 Å². The fraction of sp³-hybridized carbons (Fsp3) is 0.556. The van der Waals surface area contributed by atoms with E-state index in [2.05, 4.69) is 10.2 Å². The van der Waals surface area contributed by atoms with Crippen LogP contribution in [0.5, 0.6) is 0 Å². The van der Waals surface area contributed by atoms with E-state index in [1.54, 1.807) is 43.3 Å². The van der Waals surface area contributed by atoms with Crippen LogP contribution in [0.3, 0.4) is 0 Å². The molecule has 138 valence electrons. The predicted octanol–water partition coefficient (Wildman–Crippen LogP) is 1.61. The summed E-state index contributed by atoms with van der Waals surface area (Å²) in [6.07, 6.45) is 2.27. The summed E-state index contributed by atoms with van der Waals surface area (Å²) in [5.41, 5.74) is 6.21. The molecule has 1 aromatic rings. The average molecular weight is 348 g/mol. The number of carbonyl (C=O) groups excluding carboxylic acids is 2. The molecule has 1 aromatic carbocycles. The van der Waals surface area contributed by atoms with E-state index in [-0.39, 0.29) is 6.03 Å². The van der Waals surface area contributed by atoms with Gasteiger partial charge in [-0.1, -0.05) is 6.07 Å². The van der Waals surface area contributed by atoms with Gasteiger partial charge >= 0.3 is 6.03 Å². The van der Waals surface area contributed by atoms with Gasteiger partial charge in [-0.25, -0.2) is 4.79 Å². The number of benzene rings is 1. The molecular formula is C18H28N4O3. The first-order valence-electron chi connectivity index (χ1n) is 8.63. The number of urea groups is 1. The Morgan fingerprint density at radius 3 is 2.96 bits per heavy atom. The summed E-state index contributed by atoms with van der Waals surface area (Å²) < 4.78 is 5.14. The lowest BCUT2D eigenvalue weighted by molar-refractivity contribution is 0.1000. The summed E-state index contributed by atoms with van der Waals surface area (Å²) in [6.45, 7) is 4.45. The average Bonchev–Trinajstić information content (AvgIpc) is 2.60. The van der Waals surface area contributed by atoms with Gasteiger partial charge in [0.15, 0.2) is 0 Å². The molecule has 2 rings (SSSR count). The van der Waals surface area contributed by atoms with Crippen molar-refractivity contribution in [3.63, 3.8) is 0 Å². The number of nitrogens with two attached hydrogens (primary N) is 1. The molecule has 3 N–H and O–H groups in total. The third kappa shape index (κ3) is 6.03. The van der Waals surface area contributed by atoms with E-state index in [4.69, 9.17) is 10.5 Å². The Hall–Kier alpha value is -2.12. The van der Waals surface area contributed by atoms with Crippen LogP contribution in [-0.2, 0) is 4.74 Å². The largest absolute Gasteiger partial charge is 0.383 e. The Balaban J connectivity index is 1.85. The number of methoxy groups -OCH3 is 1. The molecule has 3 amide bonds. The zero-order valence-corrected chi connectivity index (χ0v) is 15.0. The third-order valence-electron chi connectivity index (χ3n) is 4.49. The van der Waals surface area contributed by atoms with Crippen molar-refractivity contribution in [2.24, 2.45) is 11.7 Å². The van der Waals surface area contributed by atoms with E-state index in [1.165, 1.54) is 0 Å². The first-order valence-corrected chi connectivity index (χ1v) is 8.63. The molecule has 1 fully saturated rings. The number of primary amides is 1. The van der Waals surface area contributed by atoms with Gasteiger partial charge in [0.2, 0.25) is 5.91 Å². The van der Waals surface area contributed by atoms with Crippen LogP contribution >= 0.6 is 0 Å².